The molecule has 0 radical (unpaired) electrons. The first-order valence-corrected chi connectivity index (χ1v) is 6.66. The molecule has 0 atom stereocenters. The number of aryl methyl sites for hydroxylation is 1. The van der Waals surface area contributed by atoms with E-state index in [1.165, 1.54) is 0 Å². The molecule has 6 heteroatoms. The van der Waals surface area contributed by atoms with Crippen molar-refractivity contribution in [1.29, 1.82) is 0 Å². The highest BCUT2D eigenvalue weighted by Crippen LogP contribution is 2.35. The van der Waals surface area contributed by atoms with Gasteiger partial charge in [0.25, 0.3) is 0 Å². The second-order valence-electron chi connectivity index (χ2n) is 4.68. The van der Waals surface area contributed by atoms with Gasteiger partial charge in [-0.1, -0.05) is 6.07 Å². The van der Waals surface area contributed by atoms with Gasteiger partial charge < -0.3 is 19.6 Å². The fourth-order valence-electron chi connectivity index (χ4n) is 2.21. The van der Waals surface area contributed by atoms with Crippen molar-refractivity contribution in [3.05, 3.63) is 54.0 Å². The van der Waals surface area contributed by atoms with Crippen molar-refractivity contribution >= 4 is 17.1 Å². The van der Waals surface area contributed by atoms with Crippen LogP contribution in [0.1, 0.15) is 11.3 Å². The van der Waals surface area contributed by atoms with Crippen molar-refractivity contribution in [3.8, 4) is 11.5 Å². The number of nitrogens with two attached hydrogens (primary N) is 1. The second-order valence-corrected chi connectivity index (χ2v) is 4.68. The van der Waals surface area contributed by atoms with Crippen molar-refractivity contribution in [3.63, 3.8) is 0 Å². The predicted molar refractivity (Wildman–Crippen MR) is 79.6 cm³/mol. The Morgan fingerprint density at radius 2 is 2.18 bits per heavy atom. The summed E-state index contributed by atoms with van der Waals surface area (Å²) in [4.78, 5) is 14.8. The quantitative estimate of drug-likeness (QED) is 0.796. The zero-order valence-electron chi connectivity index (χ0n) is 11.9. The number of carbonyl (C=O) groups is 1. The third-order valence-corrected chi connectivity index (χ3v) is 3.22. The number of benzene rings is 1. The highest BCUT2D eigenvalue weighted by Gasteiger charge is 2.16. The van der Waals surface area contributed by atoms with Crippen LogP contribution >= 0.6 is 0 Å². The lowest BCUT2D eigenvalue weighted by atomic mass is 10.1. The standard InChI is InChI=1S/C16H14N2O4/c1-10-14(9-20-16(17)19)22-13-6-2-5-12(15(10)13)21-11-4-3-7-18-8-11/h2-8H,9H2,1H3,(H2,17,19). The van der Waals surface area contributed by atoms with E-state index in [0.717, 1.165) is 10.9 Å². The van der Waals surface area contributed by atoms with Crippen molar-refractivity contribution in [2.45, 2.75) is 13.5 Å². The maximum Gasteiger partial charge on any atom is 0.404 e. The minimum atomic E-state index is -0.841. The van der Waals surface area contributed by atoms with Crippen LogP contribution in [0, 0.1) is 6.92 Å². The molecule has 3 rings (SSSR count). The van der Waals surface area contributed by atoms with Gasteiger partial charge in [-0.3, -0.25) is 4.98 Å². The van der Waals surface area contributed by atoms with Crippen molar-refractivity contribution < 1.29 is 18.7 Å². The van der Waals surface area contributed by atoms with Gasteiger partial charge in [0, 0.05) is 11.8 Å². The maximum atomic E-state index is 10.7. The molecule has 0 aliphatic rings. The van der Waals surface area contributed by atoms with Gasteiger partial charge >= 0.3 is 6.09 Å². The lowest BCUT2D eigenvalue weighted by Crippen LogP contribution is -2.12. The van der Waals surface area contributed by atoms with Crippen LogP contribution in [0.2, 0.25) is 0 Å². The Morgan fingerprint density at radius 1 is 1.32 bits per heavy atom. The summed E-state index contributed by atoms with van der Waals surface area (Å²) in [6, 6.07) is 9.11. The average molecular weight is 298 g/mol. The molecule has 2 aromatic heterocycles. The SMILES string of the molecule is Cc1c(COC(N)=O)oc2cccc(Oc3cccnc3)c12. The number of primary amides is 1. The average Bonchev–Trinajstić information content (AvgIpc) is 2.84. The van der Waals surface area contributed by atoms with Crippen LogP contribution in [0.4, 0.5) is 4.79 Å². The fraction of sp³-hybridized carbons (Fsp3) is 0.125. The fourth-order valence-corrected chi connectivity index (χ4v) is 2.21. The number of rotatable bonds is 4. The zero-order chi connectivity index (χ0) is 15.5. The lowest BCUT2D eigenvalue weighted by Gasteiger charge is -2.06. The number of amides is 1. The third-order valence-electron chi connectivity index (χ3n) is 3.22. The molecule has 6 nitrogen and oxygen atoms in total. The summed E-state index contributed by atoms with van der Waals surface area (Å²) in [5, 5.41) is 0.828. The molecule has 2 N–H and O–H groups in total. The summed E-state index contributed by atoms with van der Waals surface area (Å²) < 4.78 is 16.3. The smallest absolute Gasteiger partial charge is 0.404 e. The number of carbonyl (C=O) groups excluding carboxylic acids is 1. The minimum Gasteiger partial charge on any atom is -0.457 e. The van der Waals surface area contributed by atoms with E-state index < -0.39 is 6.09 Å². The van der Waals surface area contributed by atoms with E-state index in [1.807, 2.05) is 31.2 Å². The summed E-state index contributed by atoms with van der Waals surface area (Å²) in [7, 11) is 0. The highest BCUT2D eigenvalue weighted by atomic mass is 16.6. The number of pyridine rings is 1. The van der Waals surface area contributed by atoms with Gasteiger partial charge in [-0.2, -0.15) is 0 Å². The first kappa shape index (κ1) is 13.9. The van der Waals surface area contributed by atoms with Crippen LogP contribution in [0.3, 0.4) is 0 Å². The Labute approximate surface area is 126 Å². The predicted octanol–water partition coefficient (Wildman–Crippen LogP) is 3.52. The number of furan rings is 1. The van der Waals surface area contributed by atoms with Crippen LogP contribution in [0.5, 0.6) is 11.5 Å². The molecule has 1 aromatic carbocycles. The minimum absolute atomic E-state index is 0.0117. The Balaban J connectivity index is 1.99. The molecule has 2 heterocycles. The van der Waals surface area contributed by atoms with E-state index in [9.17, 15) is 4.79 Å². The molecular weight excluding hydrogens is 284 g/mol. The number of hydrogen-bond donors (Lipinski definition) is 1. The van der Waals surface area contributed by atoms with Crippen LogP contribution in [0.15, 0.2) is 47.1 Å². The molecule has 0 bridgehead atoms. The molecule has 0 aliphatic heterocycles. The van der Waals surface area contributed by atoms with Crippen molar-refractivity contribution in [1.82, 2.24) is 4.98 Å². The lowest BCUT2D eigenvalue weighted by molar-refractivity contribution is 0.142. The number of nitrogens with zero attached hydrogens (tertiary/aromatic N) is 1. The topological polar surface area (TPSA) is 87.6 Å². The van der Waals surface area contributed by atoms with E-state index in [1.54, 1.807) is 18.5 Å². The van der Waals surface area contributed by atoms with Crippen LogP contribution in [-0.2, 0) is 11.3 Å². The summed E-state index contributed by atoms with van der Waals surface area (Å²) in [6.45, 7) is 1.86. The number of aromatic nitrogens is 1. The first-order valence-electron chi connectivity index (χ1n) is 6.66. The summed E-state index contributed by atoms with van der Waals surface area (Å²) in [6.07, 6.45) is 2.47. The maximum absolute atomic E-state index is 10.7. The molecule has 0 saturated carbocycles. The normalized spacial score (nSPS) is 10.6. The van der Waals surface area contributed by atoms with Gasteiger partial charge in [0.05, 0.1) is 11.6 Å². The largest absolute Gasteiger partial charge is 0.457 e. The van der Waals surface area contributed by atoms with Gasteiger partial charge in [-0.15, -0.1) is 0 Å². The van der Waals surface area contributed by atoms with E-state index >= 15 is 0 Å². The van der Waals surface area contributed by atoms with Crippen LogP contribution in [-0.4, -0.2) is 11.1 Å². The van der Waals surface area contributed by atoms with Crippen molar-refractivity contribution in [2.24, 2.45) is 5.73 Å². The second kappa shape index (κ2) is 5.77. The molecule has 112 valence electrons. The molecule has 22 heavy (non-hydrogen) atoms. The molecule has 0 spiro atoms. The summed E-state index contributed by atoms with van der Waals surface area (Å²) in [5.41, 5.74) is 6.48. The molecule has 0 fully saturated rings. The zero-order valence-corrected chi connectivity index (χ0v) is 11.9. The van der Waals surface area contributed by atoms with Gasteiger partial charge in [-0.25, -0.2) is 4.79 Å². The van der Waals surface area contributed by atoms with Crippen molar-refractivity contribution in [2.75, 3.05) is 0 Å². The Morgan fingerprint density at radius 3 is 2.91 bits per heavy atom. The molecule has 0 unspecified atom stereocenters. The van der Waals surface area contributed by atoms with Gasteiger partial charge in [0.15, 0.2) is 6.61 Å². The number of ether oxygens (including phenoxy) is 2. The summed E-state index contributed by atoms with van der Waals surface area (Å²) in [5.74, 6) is 1.82. The molecule has 0 aliphatic carbocycles. The van der Waals surface area contributed by atoms with E-state index in [0.29, 0.717) is 22.8 Å². The molecular formula is C16H14N2O4. The Hall–Kier alpha value is -3.02. The van der Waals surface area contributed by atoms with Gasteiger partial charge in [0.1, 0.15) is 22.8 Å². The molecule has 0 saturated heterocycles. The van der Waals surface area contributed by atoms with Crippen LogP contribution < -0.4 is 10.5 Å². The van der Waals surface area contributed by atoms with E-state index in [4.69, 9.17) is 19.6 Å². The third kappa shape index (κ3) is 2.71. The Bertz CT molecular complexity index is 812. The van der Waals surface area contributed by atoms with E-state index in [-0.39, 0.29) is 6.61 Å². The molecule has 3 aromatic rings. The van der Waals surface area contributed by atoms with Gasteiger partial charge in [0.2, 0.25) is 0 Å². The van der Waals surface area contributed by atoms with Crippen LogP contribution in [0.25, 0.3) is 11.0 Å². The first-order chi connectivity index (χ1) is 10.6. The monoisotopic (exact) mass is 298 g/mol. The number of fused-ring (bicyclic) bond motifs is 1. The number of hydrogen-bond acceptors (Lipinski definition) is 5. The van der Waals surface area contributed by atoms with E-state index in [2.05, 4.69) is 4.98 Å². The summed E-state index contributed by atoms with van der Waals surface area (Å²) >= 11 is 0. The van der Waals surface area contributed by atoms with Gasteiger partial charge in [-0.05, 0) is 31.2 Å². The Kier molecular flexibility index (Phi) is 3.65. The molecule has 1 amide bonds. The highest BCUT2D eigenvalue weighted by molar-refractivity contribution is 5.88.